The first-order valence-electron chi connectivity index (χ1n) is 10.6. The van der Waals surface area contributed by atoms with Gasteiger partial charge in [0.2, 0.25) is 5.91 Å². The van der Waals surface area contributed by atoms with Gasteiger partial charge >= 0.3 is 6.18 Å². The summed E-state index contributed by atoms with van der Waals surface area (Å²) in [6.45, 7) is 3.82. The minimum atomic E-state index is -4.57. The van der Waals surface area contributed by atoms with E-state index in [4.69, 9.17) is 23.2 Å². The van der Waals surface area contributed by atoms with E-state index in [0.29, 0.717) is 21.6 Å². The maximum Gasteiger partial charge on any atom is 0.416 e. The molecule has 0 unspecified atom stereocenters. The largest absolute Gasteiger partial charge is 0.416 e. The normalized spacial score (nSPS) is 12.5. The topological polar surface area (TPSA) is 88.9 Å². The Morgan fingerprint density at radius 1 is 1.08 bits per heavy atom. The molecule has 1 heterocycles. The van der Waals surface area contributed by atoms with Gasteiger partial charge in [-0.2, -0.15) is 13.2 Å². The SMILES string of the molecule is CC(C)[C@H](NC(=O)c1ccccc1Cl)c1nnc(SCC(=O)Nc2cc(C(F)(F)F)ccc2Cl)n1C. The van der Waals surface area contributed by atoms with Crippen molar-refractivity contribution in [3.05, 3.63) is 69.5 Å². The molecule has 7 nitrogen and oxygen atoms in total. The van der Waals surface area contributed by atoms with Crippen molar-refractivity contribution < 1.29 is 22.8 Å². The maximum atomic E-state index is 13.0. The third kappa shape index (κ3) is 6.71. The molecule has 0 saturated heterocycles. The van der Waals surface area contributed by atoms with Crippen LogP contribution >= 0.6 is 35.0 Å². The standard InChI is InChI=1S/C23H22Cl2F3N5O2S/c1-12(2)19(30-21(35)14-6-4-5-7-15(14)24)20-31-32-22(33(20)3)36-11-18(34)29-17-10-13(23(26,27)28)8-9-16(17)25/h4-10,12,19H,11H2,1-3H3,(H,29,34)(H,30,35)/t19-/m0/s1. The van der Waals surface area contributed by atoms with Crippen LogP contribution in [0.4, 0.5) is 18.9 Å². The first kappa shape index (κ1) is 27.8. The van der Waals surface area contributed by atoms with Crippen molar-refractivity contribution in [2.24, 2.45) is 13.0 Å². The number of carbonyl (C=O) groups is 2. The third-order valence-electron chi connectivity index (χ3n) is 5.12. The van der Waals surface area contributed by atoms with Gasteiger partial charge in [-0.1, -0.05) is 60.9 Å². The van der Waals surface area contributed by atoms with E-state index in [1.165, 1.54) is 0 Å². The van der Waals surface area contributed by atoms with Crippen molar-refractivity contribution in [1.29, 1.82) is 0 Å². The summed E-state index contributed by atoms with van der Waals surface area (Å²) in [5.41, 5.74) is -0.740. The van der Waals surface area contributed by atoms with Crippen molar-refractivity contribution in [3.63, 3.8) is 0 Å². The lowest BCUT2D eigenvalue weighted by atomic mass is 10.0. The number of rotatable bonds is 8. The van der Waals surface area contributed by atoms with E-state index in [1.54, 1.807) is 35.9 Å². The molecule has 2 N–H and O–H groups in total. The van der Waals surface area contributed by atoms with Crippen LogP contribution in [0.2, 0.25) is 10.0 Å². The molecule has 192 valence electrons. The van der Waals surface area contributed by atoms with Gasteiger partial charge < -0.3 is 15.2 Å². The van der Waals surface area contributed by atoms with Gasteiger partial charge in [-0.05, 0) is 36.2 Å². The van der Waals surface area contributed by atoms with Gasteiger partial charge in [0.15, 0.2) is 11.0 Å². The summed E-state index contributed by atoms with van der Waals surface area (Å²) >= 11 is 13.1. The van der Waals surface area contributed by atoms with Crippen LogP contribution in [0.3, 0.4) is 0 Å². The molecule has 0 spiro atoms. The zero-order valence-electron chi connectivity index (χ0n) is 19.4. The van der Waals surface area contributed by atoms with Crippen LogP contribution in [-0.2, 0) is 18.0 Å². The van der Waals surface area contributed by atoms with Crippen molar-refractivity contribution in [2.75, 3.05) is 11.1 Å². The van der Waals surface area contributed by atoms with Gasteiger partial charge in [-0.15, -0.1) is 10.2 Å². The Morgan fingerprint density at radius 3 is 2.42 bits per heavy atom. The maximum absolute atomic E-state index is 13.0. The van der Waals surface area contributed by atoms with E-state index in [9.17, 15) is 22.8 Å². The summed E-state index contributed by atoms with van der Waals surface area (Å²) in [5.74, 6) is -0.679. The fourth-order valence-corrected chi connectivity index (χ4v) is 4.33. The Morgan fingerprint density at radius 2 is 1.78 bits per heavy atom. The highest BCUT2D eigenvalue weighted by Gasteiger charge is 2.31. The molecule has 1 atom stereocenters. The van der Waals surface area contributed by atoms with Gasteiger partial charge in [0.25, 0.3) is 5.91 Å². The molecule has 0 bridgehead atoms. The monoisotopic (exact) mass is 559 g/mol. The first-order valence-corrected chi connectivity index (χ1v) is 12.4. The van der Waals surface area contributed by atoms with E-state index in [-0.39, 0.29) is 28.3 Å². The Labute approximate surface area is 219 Å². The predicted molar refractivity (Wildman–Crippen MR) is 133 cm³/mol. The second kappa shape index (κ2) is 11.5. The van der Waals surface area contributed by atoms with Crippen molar-refractivity contribution >= 4 is 52.5 Å². The average molecular weight is 560 g/mol. The molecule has 0 radical (unpaired) electrons. The third-order valence-corrected chi connectivity index (χ3v) is 6.80. The molecule has 2 amide bonds. The second-order valence-corrected chi connectivity index (χ2v) is 9.86. The highest BCUT2D eigenvalue weighted by molar-refractivity contribution is 7.99. The van der Waals surface area contributed by atoms with Crippen molar-refractivity contribution in [1.82, 2.24) is 20.1 Å². The number of carbonyl (C=O) groups excluding carboxylic acids is 2. The van der Waals surface area contributed by atoms with E-state index in [0.717, 1.165) is 30.0 Å². The molecule has 0 aliphatic rings. The fourth-order valence-electron chi connectivity index (χ4n) is 3.23. The number of nitrogens with one attached hydrogen (secondary N) is 2. The minimum absolute atomic E-state index is 0.0173. The molecule has 2 aromatic carbocycles. The quantitative estimate of drug-likeness (QED) is 0.330. The van der Waals surface area contributed by atoms with Crippen LogP contribution < -0.4 is 10.6 Å². The molecular formula is C23H22Cl2F3N5O2S. The Bertz CT molecular complexity index is 1270. The van der Waals surface area contributed by atoms with E-state index in [1.807, 2.05) is 13.8 Å². The van der Waals surface area contributed by atoms with Gasteiger partial charge in [-0.3, -0.25) is 9.59 Å². The van der Waals surface area contributed by atoms with Crippen LogP contribution in [0.25, 0.3) is 0 Å². The minimum Gasteiger partial charge on any atom is -0.342 e. The number of nitrogens with zero attached hydrogens (tertiary/aromatic N) is 3. The Balaban J connectivity index is 1.69. The van der Waals surface area contributed by atoms with Crippen molar-refractivity contribution in [3.8, 4) is 0 Å². The summed E-state index contributed by atoms with van der Waals surface area (Å²) in [6.07, 6.45) is -4.57. The van der Waals surface area contributed by atoms with Gasteiger partial charge in [-0.25, -0.2) is 0 Å². The number of alkyl halides is 3. The summed E-state index contributed by atoms with van der Waals surface area (Å²) in [5, 5.41) is 14.3. The Hall–Kier alpha value is -2.76. The number of anilines is 1. The zero-order valence-corrected chi connectivity index (χ0v) is 21.7. The molecule has 0 saturated carbocycles. The summed E-state index contributed by atoms with van der Waals surface area (Å²) < 4.78 is 40.5. The van der Waals surface area contributed by atoms with Crippen LogP contribution in [-0.4, -0.2) is 32.3 Å². The summed E-state index contributed by atoms with van der Waals surface area (Å²) in [6, 6.07) is 8.85. The lowest BCUT2D eigenvalue weighted by molar-refractivity contribution is -0.137. The average Bonchev–Trinajstić information content (AvgIpc) is 3.16. The highest BCUT2D eigenvalue weighted by Crippen LogP contribution is 2.34. The second-order valence-electron chi connectivity index (χ2n) is 8.10. The lowest BCUT2D eigenvalue weighted by Gasteiger charge is -2.22. The van der Waals surface area contributed by atoms with Gasteiger partial charge in [0.05, 0.1) is 38.7 Å². The number of aromatic nitrogens is 3. The van der Waals surface area contributed by atoms with Crippen LogP contribution in [0.15, 0.2) is 47.6 Å². The highest BCUT2D eigenvalue weighted by atomic mass is 35.5. The fraction of sp³-hybridized carbons (Fsp3) is 0.304. The van der Waals surface area contributed by atoms with Crippen LogP contribution in [0.5, 0.6) is 0 Å². The number of thioether (sulfide) groups is 1. The van der Waals surface area contributed by atoms with Crippen molar-refractivity contribution in [2.45, 2.75) is 31.2 Å². The summed E-state index contributed by atoms with van der Waals surface area (Å²) in [7, 11) is 1.69. The molecule has 0 fully saturated rings. The molecule has 36 heavy (non-hydrogen) atoms. The molecule has 0 aliphatic heterocycles. The number of benzene rings is 2. The van der Waals surface area contributed by atoms with E-state index in [2.05, 4.69) is 20.8 Å². The smallest absolute Gasteiger partial charge is 0.342 e. The zero-order chi connectivity index (χ0) is 26.6. The molecule has 13 heteroatoms. The molecular weight excluding hydrogens is 538 g/mol. The van der Waals surface area contributed by atoms with E-state index < -0.39 is 23.7 Å². The number of hydrogen-bond acceptors (Lipinski definition) is 5. The Kier molecular flexibility index (Phi) is 8.91. The molecule has 3 aromatic rings. The molecule has 3 rings (SSSR count). The number of halogens is 5. The lowest BCUT2D eigenvalue weighted by Crippen LogP contribution is -2.33. The predicted octanol–water partition coefficient (Wildman–Crippen LogP) is 6.00. The van der Waals surface area contributed by atoms with Gasteiger partial charge in [0.1, 0.15) is 0 Å². The number of amides is 2. The molecule has 0 aliphatic carbocycles. The van der Waals surface area contributed by atoms with Crippen LogP contribution in [0.1, 0.15) is 41.6 Å². The van der Waals surface area contributed by atoms with Crippen LogP contribution in [0, 0.1) is 5.92 Å². The molecule has 1 aromatic heterocycles. The number of hydrogen-bond donors (Lipinski definition) is 2. The summed E-state index contributed by atoms with van der Waals surface area (Å²) in [4.78, 5) is 25.2. The first-order chi connectivity index (χ1) is 16.9. The van der Waals surface area contributed by atoms with Gasteiger partial charge in [0, 0.05) is 7.05 Å². The van der Waals surface area contributed by atoms with E-state index >= 15 is 0 Å².